The van der Waals surface area contributed by atoms with Crippen LogP contribution in [0.2, 0.25) is 5.02 Å². The zero-order valence-corrected chi connectivity index (χ0v) is 27.5. The van der Waals surface area contributed by atoms with Crippen LogP contribution >= 0.6 is 11.6 Å². The van der Waals surface area contributed by atoms with Crippen molar-refractivity contribution in [1.82, 2.24) is 24.5 Å². The number of halogens is 1. The van der Waals surface area contributed by atoms with Crippen LogP contribution in [-0.4, -0.2) is 62.3 Å². The highest BCUT2D eigenvalue weighted by Crippen LogP contribution is 2.42. The summed E-state index contributed by atoms with van der Waals surface area (Å²) in [6, 6.07) is 13.9. The average molecular weight is 661 g/mol. The molecular weight excluding hydrogens is 620 g/mol. The number of amides is 1. The van der Waals surface area contributed by atoms with Gasteiger partial charge < -0.3 is 29.4 Å². The largest absolute Gasteiger partial charge is 0.418 e. The fourth-order valence-corrected chi connectivity index (χ4v) is 6.82. The molecule has 0 radical (unpaired) electrons. The van der Waals surface area contributed by atoms with Crippen molar-refractivity contribution in [2.75, 3.05) is 24.7 Å². The number of ether oxygens (including phenoxy) is 3. The lowest BCUT2D eigenvalue weighted by atomic mass is 9.79. The molecule has 3 N–H and O–H groups in total. The molecule has 4 aromatic rings. The summed E-state index contributed by atoms with van der Waals surface area (Å²) in [7, 11) is 0. The lowest BCUT2D eigenvalue weighted by molar-refractivity contribution is 0.0892. The van der Waals surface area contributed by atoms with Gasteiger partial charge >= 0.3 is 6.09 Å². The number of nitrogens with one attached hydrogen (secondary N) is 1. The number of rotatable bonds is 10. The normalized spacial score (nSPS) is 20.6. The molecule has 47 heavy (non-hydrogen) atoms. The summed E-state index contributed by atoms with van der Waals surface area (Å²) >= 11 is 6.10. The molecule has 2 fully saturated rings. The summed E-state index contributed by atoms with van der Waals surface area (Å²) < 4.78 is 19.4. The van der Waals surface area contributed by atoms with Gasteiger partial charge in [0.25, 0.3) is 11.8 Å². The monoisotopic (exact) mass is 660 g/mol. The van der Waals surface area contributed by atoms with Gasteiger partial charge in [-0.25, -0.2) is 14.8 Å². The van der Waals surface area contributed by atoms with E-state index in [-0.39, 0.29) is 29.7 Å². The SMILES string of the molecule is CC1CCC(C(C)n2c(N3CCOCC3CCCc3ccccc3)nc3nc(C(=N)OC(N)=O)nc(Oc4ccc(Cl)cn4)c32)CC1. The number of morpholine rings is 1. The van der Waals surface area contributed by atoms with E-state index in [4.69, 9.17) is 41.9 Å². The van der Waals surface area contributed by atoms with Crippen molar-refractivity contribution in [3.8, 4) is 11.8 Å². The molecule has 13 heteroatoms. The number of hydrogen-bond acceptors (Lipinski definition) is 10. The summed E-state index contributed by atoms with van der Waals surface area (Å²) in [4.78, 5) is 32.5. The van der Waals surface area contributed by atoms with Crippen LogP contribution in [0.15, 0.2) is 48.7 Å². The number of fused-ring (bicyclic) bond motifs is 1. The highest BCUT2D eigenvalue weighted by Gasteiger charge is 2.35. The van der Waals surface area contributed by atoms with Gasteiger partial charge in [-0.15, -0.1) is 0 Å². The first-order valence-corrected chi connectivity index (χ1v) is 16.7. The number of nitrogens with zero attached hydrogens (tertiary/aromatic N) is 6. The van der Waals surface area contributed by atoms with Crippen molar-refractivity contribution in [2.24, 2.45) is 17.6 Å². The molecule has 6 rings (SSSR count). The molecule has 248 valence electrons. The van der Waals surface area contributed by atoms with Crippen molar-refractivity contribution in [3.63, 3.8) is 0 Å². The first-order valence-electron chi connectivity index (χ1n) is 16.3. The van der Waals surface area contributed by atoms with Crippen LogP contribution in [0.4, 0.5) is 10.7 Å². The van der Waals surface area contributed by atoms with E-state index in [0.29, 0.717) is 47.8 Å². The number of hydrogen-bond donors (Lipinski definition) is 2. The van der Waals surface area contributed by atoms with E-state index < -0.39 is 12.0 Å². The van der Waals surface area contributed by atoms with Crippen LogP contribution in [0.3, 0.4) is 0 Å². The Bertz CT molecular complexity index is 1690. The molecule has 0 bridgehead atoms. The van der Waals surface area contributed by atoms with Gasteiger partial charge in [0.15, 0.2) is 11.2 Å². The van der Waals surface area contributed by atoms with Crippen LogP contribution in [0, 0.1) is 17.2 Å². The number of aromatic nitrogens is 5. The molecule has 1 saturated carbocycles. The Kier molecular flexibility index (Phi) is 10.2. The van der Waals surface area contributed by atoms with Crippen LogP contribution in [-0.2, 0) is 15.9 Å². The summed E-state index contributed by atoms with van der Waals surface area (Å²) in [5.74, 6) is 1.45. The summed E-state index contributed by atoms with van der Waals surface area (Å²) in [5, 5.41) is 8.80. The highest BCUT2D eigenvalue weighted by atomic mass is 35.5. The molecule has 2 aliphatic rings. The van der Waals surface area contributed by atoms with E-state index in [1.54, 1.807) is 12.1 Å². The van der Waals surface area contributed by atoms with Crippen LogP contribution in [0.1, 0.15) is 69.8 Å². The van der Waals surface area contributed by atoms with Crippen molar-refractivity contribution in [2.45, 2.75) is 70.9 Å². The number of carbonyl (C=O) groups is 1. The molecule has 12 nitrogen and oxygen atoms in total. The Balaban J connectivity index is 1.45. The van der Waals surface area contributed by atoms with Gasteiger partial charge in [-0.3, -0.25) is 5.41 Å². The predicted octanol–water partition coefficient (Wildman–Crippen LogP) is 6.70. The Morgan fingerprint density at radius 1 is 1.13 bits per heavy atom. The quantitative estimate of drug-likeness (QED) is 0.140. The number of carbonyl (C=O) groups excluding carboxylic acids is 1. The number of primary amides is 1. The van der Waals surface area contributed by atoms with Crippen molar-refractivity contribution in [3.05, 3.63) is 65.1 Å². The minimum absolute atomic E-state index is 0.0339. The number of pyridine rings is 1. The maximum Gasteiger partial charge on any atom is 0.411 e. The van der Waals surface area contributed by atoms with Gasteiger partial charge in [-0.05, 0) is 62.5 Å². The number of nitrogens with two attached hydrogens (primary N) is 1. The number of anilines is 1. The minimum Gasteiger partial charge on any atom is -0.418 e. The average Bonchev–Trinajstić information content (AvgIpc) is 3.46. The molecular formula is C34H41ClN8O4. The molecule has 3 aromatic heterocycles. The Morgan fingerprint density at radius 2 is 1.91 bits per heavy atom. The summed E-state index contributed by atoms with van der Waals surface area (Å²) in [5.41, 5.74) is 7.42. The molecule has 1 amide bonds. The summed E-state index contributed by atoms with van der Waals surface area (Å²) in [6.45, 7) is 6.35. The fraction of sp³-hybridized carbons (Fsp3) is 0.471. The first kappa shape index (κ1) is 32.6. The topological polar surface area (TPSA) is 154 Å². The van der Waals surface area contributed by atoms with E-state index >= 15 is 0 Å². The van der Waals surface area contributed by atoms with E-state index in [1.807, 2.05) is 6.07 Å². The molecule has 0 spiro atoms. The zero-order chi connectivity index (χ0) is 32.9. The van der Waals surface area contributed by atoms with Crippen LogP contribution in [0.5, 0.6) is 11.8 Å². The Hall–Kier alpha value is -4.29. The molecule has 4 heterocycles. The Morgan fingerprint density at radius 3 is 2.64 bits per heavy atom. The second kappa shape index (κ2) is 14.6. The van der Waals surface area contributed by atoms with Gasteiger partial charge in [-0.2, -0.15) is 9.97 Å². The number of imidazole rings is 1. The predicted molar refractivity (Wildman–Crippen MR) is 179 cm³/mol. The summed E-state index contributed by atoms with van der Waals surface area (Å²) in [6.07, 6.45) is 7.74. The highest BCUT2D eigenvalue weighted by molar-refractivity contribution is 6.30. The number of aryl methyl sites for hydroxylation is 1. The van der Waals surface area contributed by atoms with Crippen molar-refractivity contribution >= 4 is 40.7 Å². The standard InChI is InChI=1S/C34H41ClN8O4/c1-21-11-13-24(14-12-21)22(2)43-28-30(39-31(29(36)47-33(37)44)40-32(28)46-27-16-15-25(35)19-38-27)41-34(43)42-17-18-45-20-26(42)10-6-9-23-7-4-3-5-8-23/h3-5,7-8,15-16,19,21-22,24,26,36H,6,9-14,17-18,20H2,1-2H3,(H2,37,44). The van der Waals surface area contributed by atoms with Gasteiger partial charge in [0.1, 0.15) is 0 Å². The van der Waals surface area contributed by atoms with E-state index in [2.05, 4.69) is 62.5 Å². The Labute approximate surface area is 279 Å². The first-order chi connectivity index (χ1) is 22.8. The van der Waals surface area contributed by atoms with Crippen molar-refractivity contribution in [1.29, 1.82) is 5.41 Å². The number of benzene rings is 1. The molecule has 1 aromatic carbocycles. The van der Waals surface area contributed by atoms with Gasteiger partial charge in [0, 0.05) is 24.8 Å². The van der Waals surface area contributed by atoms with E-state index in [0.717, 1.165) is 50.9 Å². The van der Waals surface area contributed by atoms with Gasteiger partial charge in [-0.1, -0.05) is 61.7 Å². The zero-order valence-electron chi connectivity index (χ0n) is 26.8. The minimum atomic E-state index is -1.14. The van der Waals surface area contributed by atoms with Crippen LogP contribution < -0.4 is 15.4 Å². The maximum absolute atomic E-state index is 11.5. The van der Waals surface area contributed by atoms with E-state index in [9.17, 15) is 4.79 Å². The smallest absolute Gasteiger partial charge is 0.411 e. The second-order valence-corrected chi connectivity index (χ2v) is 13.0. The molecule has 2 unspecified atom stereocenters. The third-order valence-corrected chi connectivity index (χ3v) is 9.51. The molecule has 1 aliphatic heterocycles. The van der Waals surface area contributed by atoms with E-state index in [1.165, 1.54) is 11.8 Å². The van der Waals surface area contributed by atoms with Crippen LogP contribution in [0.25, 0.3) is 11.2 Å². The van der Waals surface area contributed by atoms with Gasteiger partial charge in [0.2, 0.25) is 17.7 Å². The molecule has 2 atom stereocenters. The fourth-order valence-electron chi connectivity index (χ4n) is 6.71. The third-order valence-electron chi connectivity index (χ3n) is 9.28. The lowest BCUT2D eigenvalue weighted by Crippen LogP contribution is -2.47. The molecule has 1 saturated heterocycles. The van der Waals surface area contributed by atoms with Gasteiger partial charge in [0.05, 0.1) is 24.3 Å². The van der Waals surface area contributed by atoms with Crippen molar-refractivity contribution < 1.29 is 19.0 Å². The third kappa shape index (κ3) is 7.65. The second-order valence-electron chi connectivity index (χ2n) is 12.5. The maximum atomic E-state index is 11.5. The lowest BCUT2D eigenvalue weighted by Gasteiger charge is -2.39. The molecule has 1 aliphatic carbocycles.